The average molecular weight is 248 g/mol. The molecule has 100 valence electrons. The second kappa shape index (κ2) is 6.67. The van der Waals surface area contributed by atoms with Gasteiger partial charge in [-0.3, -0.25) is 0 Å². The normalized spacial score (nSPS) is 16.9. The van der Waals surface area contributed by atoms with Crippen LogP contribution in [-0.2, 0) is 6.42 Å². The fourth-order valence-corrected chi connectivity index (χ4v) is 3.04. The molecule has 1 aromatic rings. The summed E-state index contributed by atoms with van der Waals surface area (Å²) in [6.45, 7) is 0. The quantitative estimate of drug-likeness (QED) is 0.759. The minimum Gasteiger partial charge on any atom is -0.508 e. The summed E-state index contributed by atoms with van der Waals surface area (Å²) in [5.74, 6) is 1.28. The number of phenols is 2. The first-order valence-corrected chi connectivity index (χ1v) is 7.26. The van der Waals surface area contributed by atoms with Gasteiger partial charge in [-0.1, -0.05) is 44.9 Å². The van der Waals surface area contributed by atoms with Crippen molar-refractivity contribution >= 4 is 0 Å². The van der Waals surface area contributed by atoms with E-state index in [1.54, 1.807) is 12.1 Å². The summed E-state index contributed by atoms with van der Waals surface area (Å²) in [5.41, 5.74) is 1.04. The van der Waals surface area contributed by atoms with Gasteiger partial charge in [-0.15, -0.1) is 0 Å². The van der Waals surface area contributed by atoms with Gasteiger partial charge in [0, 0.05) is 6.07 Å². The summed E-state index contributed by atoms with van der Waals surface area (Å²) in [4.78, 5) is 0. The van der Waals surface area contributed by atoms with Gasteiger partial charge in [0.25, 0.3) is 0 Å². The van der Waals surface area contributed by atoms with E-state index < -0.39 is 0 Å². The van der Waals surface area contributed by atoms with E-state index in [0.29, 0.717) is 0 Å². The van der Waals surface area contributed by atoms with Crippen LogP contribution < -0.4 is 0 Å². The topological polar surface area (TPSA) is 40.5 Å². The van der Waals surface area contributed by atoms with Gasteiger partial charge in [0.05, 0.1) is 0 Å². The predicted octanol–water partition coefficient (Wildman–Crippen LogP) is 4.39. The Kier molecular flexibility index (Phi) is 4.91. The van der Waals surface area contributed by atoms with Crippen LogP contribution in [0.15, 0.2) is 18.2 Å². The van der Waals surface area contributed by atoms with Gasteiger partial charge in [0.1, 0.15) is 11.5 Å². The van der Waals surface area contributed by atoms with Crippen LogP contribution in [0.5, 0.6) is 11.5 Å². The number of aromatic hydroxyl groups is 2. The molecule has 0 heterocycles. The van der Waals surface area contributed by atoms with Gasteiger partial charge in [-0.05, 0) is 36.5 Å². The second-order valence-corrected chi connectivity index (χ2v) is 5.61. The molecular formula is C16H24O2. The molecule has 2 nitrogen and oxygen atoms in total. The summed E-state index contributed by atoms with van der Waals surface area (Å²) in [6.07, 6.45) is 11.8. The van der Waals surface area contributed by atoms with Crippen LogP contribution in [-0.4, -0.2) is 10.2 Å². The van der Waals surface area contributed by atoms with Gasteiger partial charge in [-0.25, -0.2) is 0 Å². The highest BCUT2D eigenvalue weighted by Gasteiger charge is 2.12. The number of phenolic OH excluding ortho intramolecular Hbond substituents is 2. The Hall–Kier alpha value is -1.18. The standard InChI is InChI=1S/C16H24O2/c17-15-10-14(11-16(18)12-15)9-5-4-8-13-6-2-1-3-7-13/h10-13,17-18H,1-9H2. The van der Waals surface area contributed by atoms with Crippen molar-refractivity contribution in [2.24, 2.45) is 5.92 Å². The summed E-state index contributed by atoms with van der Waals surface area (Å²) in [5, 5.41) is 18.8. The molecule has 0 spiro atoms. The number of hydrogen-bond acceptors (Lipinski definition) is 2. The van der Waals surface area contributed by atoms with Crippen LogP contribution in [0.1, 0.15) is 56.9 Å². The predicted molar refractivity (Wildman–Crippen MR) is 73.9 cm³/mol. The highest BCUT2D eigenvalue weighted by atomic mass is 16.3. The van der Waals surface area contributed by atoms with Crippen LogP contribution in [0.3, 0.4) is 0 Å². The molecule has 2 rings (SSSR count). The Labute approximate surface area is 110 Å². The molecular weight excluding hydrogens is 224 g/mol. The highest BCUT2D eigenvalue weighted by molar-refractivity contribution is 5.36. The third-order valence-electron chi connectivity index (χ3n) is 4.01. The third-order valence-corrected chi connectivity index (χ3v) is 4.01. The van der Waals surface area contributed by atoms with Crippen LogP contribution in [0.4, 0.5) is 0 Å². The first-order valence-electron chi connectivity index (χ1n) is 7.26. The number of hydrogen-bond donors (Lipinski definition) is 2. The number of rotatable bonds is 5. The van der Waals surface area contributed by atoms with E-state index in [1.807, 2.05) is 0 Å². The molecule has 0 bridgehead atoms. The van der Waals surface area contributed by atoms with E-state index in [0.717, 1.165) is 24.3 Å². The van der Waals surface area contributed by atoms with Crippen molar-refractivity contribution in [2.75, 3.05) is 0 Å². The minimum absolute atomic E-state index is 0.164. The Balaban J connectivity index is 1.68. The van der Waals surface area contributed by atoms with Crippen LogP contribution in [0.2, 0.25) is 0 Å². The lowest BCUT2D eigenvalue weighted by atomic mass is 9.85. The Morgan fingerprint density at radius 3 is 2.22 bits per heavy atom. The van der Waals surface area contributed by atoms with Crippen molar-refractivity contribution in [3.05, 3.63) is 23.8 Å². The lowest BCUT2D eigenvalue weighted by Crippen LogP contribution is -2.05. The minimum atomic E-state index is 0.164. The van der Waals surface area contributed by atoms with E-state index >= 15 is 0 Å². The van der Waals surface area contributed by atoms with Crippen molar-refractivity contribution in [2.45, 2.75) is 57.8 Å². The molecule has 1 fully saturated rings. The van der Waals surface area contributed by atoms with E-state index in [2.05, 4.69) is 0 Å². The Morgan fingerprint density at radius 1 is 0.889 bits per heavy atom. The zero-order valence-corrected chi connectivity index (χ0v) is 11.1. The molecule has 1 aliphatic carbocycles. The first-order chi connectivity index (χ1) is 8.74. The van der Waals surface area contributed by atoms with Gasteiger partial charge >= 0.3 is 0 Å². The van der Waals surface area contributed by atoms with Gasteiger partial charge in [0.2, 0.25) is 0 Å². The molecule has 2 N–H and O–H groups in total. The molecule has 18 heavy (non-hydrogen) atoms. The molecule has 1 aliphatic rings. The molecule has 2 heteroatoms. The van der Waals surface area contributed by atoms with E-state index in [1.165, 1.54) is 51.0 Å². The summed E-state index contributed by atoms with van der Waals surface area (Å²) >= 11 is 0. The number of benzene rings is 1. The molecule has 0 atom stereocenters. The van der Waals surface area contributed by atoms with Crippen molar-refractivity contribution in [1.29, 1.82) is 0 Å². The number of aryl methyl sites for hydroxylation is 1. The van der Waals surface area contributed by atoms with E-state index in [4.69, 9.17) is 0 Å². The fraction of sp³-hybridized carbons (Fsp3) is 0.625. The Morgan fingerprint density at radius 2 is 1.56 bits per heavy atom. The zero-order valence-electron chi connectivity index (χ0n) is 11.1. The van der Waals surface area contributed by atoms with Crippen LogP contribution >= 0.6 is 0 Å². The molecule has 0 aromatic heterocycles. The first kappa shape index (κ1) is 13.3. The van der Waals surface area contributed by atoms with Gasteiger partial charge < -0.3 is 10.2 Å². The molecule has 0 amide bonds. The zero-order chi connectivity index (χ0) is 12.8. The third kappa shape index (κ3) is 4.25. The van der Waals surface area contributed by atoms with Crippen molar-refractivity contribution < 1.29 is 10.2 Å². The molecule has 0 aliphatic heterocycles. The monoisotopic (exact) mass is 248 g/mol. The molecule has 1 saturated carbocycles. The SMILES string of the molecule is Oc1cc(O)cc(CCCCC2CCCCC2)c1. The molecule has 0 unspecified atom stereocenters. The van der Waals surface area contributed by atoms with Crippen LogP contribution in [0, 0.1) is 5.92 Å². The van der Waals surface area contributed by atoms with Gasteiger partial charge in [0.15, 0.2) is 0 Å². The summed E-state index contributed by atoms with van der Waals surface area (Å²) in [6, 6.07) is 4.88. The van der Waals surface area contributed by atoms with Crippen molar-refractivity contribution in [1.82, 2.24) is 0 Å². The van der Waals surface area contributed by atoms with Gasteiger partial charge in [-0.2, -0.15) is 0 Å². The lowest BCUT2D eigenvalue weighted by Gasteiger charge is -2.21. The van der Waals surface area contributed by atoms with Crippen LogP contribution in [0.25, 0.3) is 0 Å². The summed E-state index contributed by atoms with van der Waals surface area (Å²) < 4.78 is 0. The maximum Gasteiger partial charge on any atom is 0.119 e. The van der Waals surface area contributed by atoms with E-state index in [-0.39, 0.29) is 11.5 Å². The Bertz CT molecular complexity index is 347. The maximum absolute atomic E-state index is 9.39. The average Bonchev–Trinajstić information content (AvgIpc) is 2.35. The number of unbranched alkanes of at least 4 members (excludes halogenated alkanes) is 1. The van der Waals surface area contributed by atoms with Crippen molar-refractivity contribution in [3.63, 3.8) is 0 Å². The molecule has 1 aromatic carbocycles. The molecule has 0 radical (unpaired) electrons. The molecule has 0 saturated heterocycles. The van der Waals surface area contributed by atoms with E-state index in [9.17, 15) is 10.2 Å². The highest BCUT2D eigenvalue weighted by Crippen LogP contribution is 2.28. The van der Waals surface area contributed by atoms with Crippen molar-refractivity contribution in [3.8, 4) is 11.5 Å². The fourth-order valence-electron chi connectivity index (χ4n) is 3.04. The smallest absolute Gasteiger partial charge is 0.119 e. The summed E-state index contributed by atoms with van der Waals surface area (Å²) in [7, 11) is 0. The lowest BCUT2D eigenvalue weighted by molar-refractivity contribution is 0.330. The largest absolute Gasteiger partial charge is 0.508 e. The second-order valence-electron chi connectivity index (χ2n) is 5.61. The maximum atomic E-state index is 9.39.